The van der Waals surface area contributed by atoms with Gasteiger partial charge in [-0.25, -0.2) is 22.2 Å². The smallest absolute Gasteiger partial charge is 0.270 e. The third-order valence-corrected chi connectivity index (χ3v) is 5.56. The van der Waals surface area contributed by atoms with Gasteiger partial charge >= 0.3 is 0 Å². The van der Waals surface area contributed by atoms with Crippen LogP contribution in [0.4, 0.5) is 14.5 Å². The van der Waals surface area contributed by atoms with Crippen LogP contribution in [-0.2, 0) is 15.4 Å². The molecule has 0 unspecified atom stereocenters. The van der Waals surface area contributed by atoms with Crippen LogP contribution in [0.2, 0.25) is 0 Å². The number of hydrogen-bond acceptors (Lipinski definition) is 4. The zero-order chi connectivity index (χ0) is 23.8. The predicted octanol–water partition coefficient (Wildman–Crippen LogP) is 4.67. The van der Waals surface area contributed by atoms with Gasteiger partial charge in [-0.05, 0) is 53.8 Å². The molecule has 2 N–H and O–H groups in total. The molecule has 32 heavy (non-hydrogen) atoms. The number of carbonyl (C=O) groups excluding carboxylic acids is 1. The van der Waals surface area contributed by atoms with Gasteiger partial charge in [0, 0.05) is 5.39 Å². The average Bonchev–Trinajstić information content (AvgIpc) is 2.68. The van der Waals surface area contributed by atoms with Crippen LogP contribution in [0.1, 0.15) is 55.4 Å². The molecule has 1 atom stereocenters. The number of anilines is 1. The molecular weight excluding hydrogens is 436 g/mol. The van der Waals surface area contributed by atoms with E-state index in [0.717, 1.165) is 29.3 Å². The summed E-state index contributed by atoms with van der Waals surface area (Å²) in [6, 6.07) is 10.5. The maximum Gasteiger partial charge on any atom is 0.270 e. The van der Waals surface area contributed by atoms with Gasteiger partial charge in [0.1, 0.15) is 11.4 Å². The number of hydrogen-bond donors (Lipinski definition) is 2. The van der Waals surface area contributed by atoms with Gasteiger partial charge in [-0.15, -0.1) is 0 Å². The predicted molar refractivity (Wildman–Crippen MR) is 121 cm³/mol. The van der Waals surface area contributed by atoms with Crippen molar-refractivity contribution < 1.29 is 22.0 Å². The van der Waals surface area contributed by atoms with Gasteiger partial charge in [-0.2, -0.15) is 0 Å². The molecule has 170 valence electrons. The molecule has 6 nitrogen and oxygen atoms in total. The fraction of sp³-hybridized carbons (Fsp3) is 0.304. The van der Waals surface area contributed by atoms with Crippen LogP contribution < -0.4 is 10.0 Å². The summed E-state index contributed by atoms with van der Waals surface area (Å²) in [6.07, 6.45) is 0.795. The lowest BCUT2D eigenvalue weighted by Crippen LogP contribution is -2.27. The molecule has 2 aromatic carbocycles. The fourth-order valence-electron chi connectivity index (χ4n) is 3.20. The largest absolute Gasteiger partial charge is 0.344 e. The van der Waals surface area contributed by atoms with Crippen LogP contribution in [0.3, 0.4) is 0 Å². The summed E-state index contributed by atoms with van der Waals surface area (Å²) in [5.41, 5.74) is 1.34. The Balaban J connectivity index is 1.81. The van der Waals surface area contributed by atoms with E-state index in [1.54, 1.807) is 17.7 Å². The number of carbonyl (C=O) groups is 1. The van der Waals surface area contributed by atoms with E-state index in [-0.39, 0.29) is 16.7 Å². The number of fused-ring (bicyclic) bond motifs is 1. The van der Waals surface area contributed by atoms with Crippen molar-refractivity contribution in [3.05, 3.63) is 70.9 Å². The van der Waals surface area contributed by atoms with E-state index >= 15 is 0 Å². The van der Waals surface area contributed by atoms with Gasteiger partial charge in [-0.3, -0.25) is 9.52 Å². The number of amides is 1. The van der Waals surface area contributed by atoms with Crippen LogP contribution in [0, 0.1) is 11.6 Å². The minimum atomic E-state index is -3.85. The molecule has 3 aromatic rings. The maximum atomic E-state index is 14.3. The van der Waals surface area contributed by atoms with E-state index in [1.807, 2.05) is 24.3 Å². The van der Waals surface area contributed by atoms with E-state index in [2.05, 4.69) is 31.1 Å². The highest BCUT2D eigenvalue weighted by molar-refractivity contribution is 7.92. The Morgan fingerprint density at radius 3 is 2.22 bits per heavy atom. The molecular formula is C23H25F2N3O3S. The molecule has 3 rings (SSSR count). The van der Waals surface area contributed by atoms with E-state index in [4.69, 9.17) is 0 Å². The molecule has 0 saturated heterocycles. The minimum absolute atomic E-state index is 0.0173. The Labute approximate surface area is 186 Å². The van der Waals surface area contributed by atoms with Gasteiger partial charge in [0.2, 0.25) is 10.0 Å². The number of benzene rings is 2. The average molecular weight is 462 g/mol. The molecule has 1 heterocycles. The molecule has 9 heteroatoms. The van der Waals surface area contributed by atoms with Crippen LogP contribution in [0.25, 0.3) is 10.9 Å². The molecule has 0 spiro atoms. The van der Waals surface area contributed by atoms with Gasteiger partial charge in [0.25, 0.3) is 5.91 Å². The van der Waals surface area contributed by atoms with Gasteiger partial charge < -0.3 is 5.32 Å². The first-order valence-corrected chi connectivity index (χ1v) is 11.8. The van der Waals surface area contributed by atoms with Gasteiger partial charge in [0.15, 0.2) is 11.6 Å². The molecule has 0 radical (unpaired) electrons. The van der Waals surface area contributed by atoms with Crippen molar-refractivity contribution in [2.24, 2.45) is 0 Å². The number of aromatic nitrogens is 1. The SMILES string of the molecule is C[C@H](NC(=O)c1ccc2cc(C(C)(C)C)ccc2n1)c1cc(F)c(NS(C)(=O)=O)c(F)c1. The molecule has 0 saturated carbocycles. The Kier molecular flexibility index (Phi) is 6.24. The van der Waals surface area contributed by atoms with Crippen molar-refractivity contribution in [3.8, 4) is 0 Å². The van der Waals surface area contributed by atoms with E-state index in [0.29, 0.717) is 5.52 Å². The van der Waals surface area contributed by atoms with Crippen LogP contribution in [0.5, 0.6) is 0 Å². The first-order valence-electron chi connectivity index (χ1n) is 9.93. The highest BCUT2D eigenvalue weighted by atomic mass is 32.2. The summed E-state index contributed by atoms with van der Waals surface area (Å²) >= 11 is 0. The number of halogens is 2. The summed E-state index contributed by atoms with van der Waals surface area (Å²) in [4.78, 5) is 17.1. The normalized spacial score (nSPS) is 13.1. The second-order valence-electron chi connectivity index (χ2n) is 8.78. The minimum Gasteiger partial charge on any atom is -0.344 e. The molecule has 0 bridgehead atoms. The molecule has 0 aliphatic carbocycles. The van der Waals surface area contributed by atoms with Crippen molar-refractivity contribution in [2.45, 2.75) is 39.2 Å². The maximum absolute atomic E-state index is 14.3. The Hall–Kier alpha value is -3.07. The second kappa shape index (κ2) is 8.46. The zero-order valence-corrected chi connectivity index (χ0v) is 19.3. The third-order valence-electron chi connectivity index (χ3n) is 4.99. The van der Waals surface area contributed by atoms with Crippen LogP contribution in [-0.4, -0.2) is 25.6 Å². The van der Waals surface area contributed by atoms with E-state index in [1.165, 1.54) is 0 Å². The molecule has 0 aliphatic rings. The Morgan fingerprint density at radius 1 is 1.03 bits per heavy atom. The lowest BCUT2D eigenvalue weighted by atomic mass is 9.86. The summed E-state index contributed by atoms with van der Waals surface area (Å²) in [6.45, 7) is 7.90. The van der Waals surface area contributed by atoms with E-state index in [9.17, 15) is 22.0 Å². The quantitative estimate of drug-likeness (QED) is 0.578. The van der Waals surface area contributed by atoms with Crippen LogP contribution >= 0.6 is 0 Å². The molecule has 0 fully saturated rings. The third kappa shape index (κ3) is 5.40. The van der Waals surface area contributed by atoms with Crippen molar-refractivity contribution in [3.63, 3.8) is 0 Å². The lowest BCUT2D eigenvalue weighted by Gasteiger charge is -2.19. The first-order chi connectivity index (χ1) is 14.7. The standard InChI is InChI=1S/C23H25F2N3O3S/c1-13(15-11-17(24)21(18(25)12-15)28-32(5,30)31)26-22(29)20-8-6-14-10-16(23(2,3)4)7-9-19(14)27-20/h6-13,28H,1-5H3,(H,26,29)/t13-/m0/s1. The fourth-order valence-corrected chi connectivity index (χ4v) is 3.76. The van der Waals surface area contributed by atoms with Crippen LogP contribution in [0.15, 0.2) is 42.5 Å². The van der Waals surface area contributed by atoms with Gasteiger partial charge in [0.05, 0.1) is 17.8 Å². The van der Waals surface area contributed by atoms with Crippen molar-refractivity contribution >= 4 is 32.5 Å². The summed E-state index contributed by atoms with van der Waals surface area (Å²) in [7, 11) is -3.85. The molecule has 0 aliphatic heterocycles. The summed E-state index contributed by atoms with van der Waals surface area (Å²) < 4.78 is 52.9. The second-order valence-corrected chi connectivity index (χ2v) is 10.5. The summed E-state index contributed by atoms with van der Waals surface area (Å²) in [5, 5.41) is 3.56. The Bertz CT molecular complexity index is 1280. The van der Waals surface area contributed by atoms with Crippen molar-refractivity contribution in [1.82, 2.24) is 10.3 Å². The highest BCUT2D eigenvalue weighted by Gasteiger charge is 2.20. The Morgan fingerprint density at radius 2 is 1.66 bits per heavy atom. The number of pyridine rings is 1. The van der Waals surface area contributed by atoms with Crippen molar-refractivity contribution in [1.29, 1.82) is 0 Å². The number of rotatable bonds is 5. The van der Waals surface area contributed by atoms with E-state index < -0.39 is 39.3 Å². The summed E-state index contributed by atoms with van der Waals surface area (Å²) in [5.74, 6) is -2.66. The molecule has 1 amide bonds. The number of nitrogens with one attached hydrogen (secondary N) is 2. The first kappa shape index (κ1) is 23.6. The van der Waals surface area contributed by atoms with Crippen molar-refractivity contribution in [2.75, 3.05) is 11.0 Å². The highest BCUT2D eigenvalue weighted by Crippen LogP contribution is 2.27. The lowest BCUT2D eigenvalue weighted by molar-refractivity contribution is 0.0935. The zero-order valence-electron chi connectivity index (χ0n) is 18.5. The topological polar surface area (TPSA) is 88.2 Å². The monoisotopic (exact) mass is 461 g/mol. The number of sulfonamides is 1. The number of nitrogens with zero attached hydrogens (tertiary/aromatic N) is 1. The molecule has 1 aromatic heterocycles. The van der Waals surface area contributed by atoms with Gasteiger partial charge in [-0.1, -0.05) is 32.9 Å².